The molecule has 0 unspecified atom stereocenters. The molecule has 4 rings (SSSR count). The van der Waals surface area contributed by atoms with Crippen LogP contribution in [0.5, 0.6) is 0 Å². The van der Waals surface area contributed by atoms with Gasteiger partial charge in [0.25, 0.3) is 0 Å². The summed E-state index contributed by atoms with van der Waals surface area (Å²) in [7, 11) is -4.53. The minimum absolute atomic E-state index is 0.0507. The van der Waals surface area contributed by atoms with Crippen molar-refractivity contribution in [3.63, 3.8) is 0 Å². The predicted octanol–water partition coefficient (Wildman–Crippen LogP) is 7.35. The number of ketones is 1. The number of hydrogen-bond acceptors (Lipinski definition) is 10. The number of rotatable bonds is 29. The lowest BCUT2D eigenvalue weighted by Gasteiger charge is -2.34. The number of Topliss-reactive ketones (excluding diaryl/α,β-unsaturated/α-hetero) is 1. The van der Waals surface area contributed by atoms with E-state index >= 15 is 0 Å². The van der Waals surface area contributed by atoms with Crippen LogP contribution >= 0.6 is 0 Å². The van der Waals surface area contributed by atoms with Gasteiger partial charge in [0.15, 0.2) is 8.32 Å². The fourth-order valence-corrected chi connectivity index (χ4v) is 15.0. The van der Waals surface area contributed by atoms with Gasteiger partial charge in [0.05, 0.1) is 59.5 Å². The second-order valence-electron chi connectivity index (χ2n) is 14.8. The van der Waals surface area contributed by atoms with Crippen LogP contribution in [-0.4, -0.2) is 108 Å². The fraction of sp³-hybridized carbons (Fsp3) is 0.524. The lowest BCUT2D eigenvalue weighted by molar-refractivity contribution is -0.143. The molecule has 12 nitrogen and oxygen atoms in total. The highest BCUT2D eigenvalue weighted by atomic mass is 28.4. The van der Waals surface area contributed by atoms with Crippen molar-refractivity contribution in [2.24, 2.45) is 5.11 Å². The van der Waals surface area contributed by atoms with Gasteiger partial charge in [-0.25, -0.2) is 0 Å². The van der Waals surface area contributed by atoms with Crippen LogP contribution in [0.4, 0.5) is 0 Å². The molecule has 3 aromatic rings. The number of carbonyl (C=O) groups excluding carboxylic acids is 2. The van der Waals surface area contributed by atoms with Gasteiger partial charge >= 0.3 is 5.97 Å². The second kappa shape index (κ2) is 24.2. The molecule has 1 aliphatic rings. The summed E-state index contributed by atoms with van der Waals surface area (Å²) in [5.41, 5.74) is 14.0. The van der Waals surface area contributed by atoms with Crippen LogP contribution in [-0.2, 0) is 48.5 Å². The molecule has 3 aromatic carbocycles. The maximum atomic E-state index is 13.0. The molecular weight excluding hydrogens is 747 g/mol. The van der Waals surface area contributed by atoms with E-state index in [4.69, 9.17) is 38.1 Å². The third kappa shape index (κ3) is 15.7. The monoisotopic (exact) mass is 805 g/mol. The average Bonchev–Trinajstić information content (AvgIpc) is 3.50. The van der Waals surface area contributed by atoms with E-state index in [2.05, 4.69) is 84.7 Å². The van der Waals surface area contributed by atoms with Crippen LogP contribution in [0.15, 0.2) is 77.9 Å². The summed E-state index contributed by atoms with van der Waals surface area (Å²) in [6.07, 6.45) is 1.82. The van der Waals surface area contributed by atoms with Gasteiger partial charge in [0.1, 0.15) is 12.4 Å². The molecule has 0 amide bonds. The Balaban J connectivity index is 1.05. The van der Waals surface area contributed by atoms with E-state index in [1.807, 2.05) is 24.3 Å². The second-order valence-corrected chi connectivity index (χ2v) is 23.3. The van der Waals surface area contributed by atoms with E-state index in [0.29, 0.717) is 111 Å². The van der Waals surface area contributed by atoms with Gasteiger partial charge in [-0.2, -0.15) is 0 Å². The Kier molecular flexibility index (Phi) is 19.4. The topological polar surface area (TPSA) is 148 Å². The summed E-state index contributed by atoms with van der Waals surface area (Å²) >= 11 is 0. The van der Waals surface area contributed by atoms with Crippen LogP contribution in [0.3, 0.4) is 0 Å². The first-order chi connectivity index (χ1) is 27.1. The Labute approximate surface area is 334 Å². The van der Waals surface area contributed by atoms with Crippen LogP contribution in [0.25, 0.3) is 21.6 Å². The standard InChI is InChI=1S/C42H59N3O9Si2/c1-55(2,30-18-42(47)53-33-41-39-16-7-5-14-37(39)38-15-6-8-17-40(38)41)54-56(3,4)36-13-9-11-34(32-36)31-35(46)12-10-20-48-22-24-50-26-28-52-29-27-51-25-23-49-21-19-44-45-43/h5-9,11,13-17,32,41H,10,12,18-31,33H2,1-4H3. The van der Waals surface area contributed by atoms with Crippen molar-refractivity contribution in [1.29, 1.82) is 0 Å². The molecule has 0 fully saturated rings. The highest BCUT2D eigenvalue weighted by Crippen LogP contribution is 2.44. The molecule has 304 valence electrons. The van der Waals surface area contributed by atoms with Crippen LogP contribution < -0.4 is 5.19 Å². The molecule has 0 atom stereocenters. The zero-order valence-corrected chi connectivity index (χ0v) is 35.5. The largest absolute Gasteiger partial charge is 0.465 e. The first-order valence-electron chi connectivity index (χ1n) is 19.6. The molecule has 0 radical (unpaired) electrons. The molecule has 14 heteroatoms. The zero-order chi connectivity index (χ0) is 40.1. The number of hydrogen-bond donors (Lipinski definition) is 0. The van der Waals surface area contributed by atoms with E-state index in [1.54, 1.807) is 0 Å². The molecule has 56 heavy (non-hydrogen) atoms. The molecule has 0 bridgehead atoms. The molecule has 0 saturated carbocycles. The Morgan fingerprint density at radius 2 is 1.25 bits per heavy atom. The van der Waals surface area contributed by atoms with Crippen LogP contribution in [0.1, 0.15) is 41.9 Å². The van der Waals surface area contributed by atoms with Gasteiger partial charge in [-0.05, 0) is 77.2 Å². The number of ether oxygens (including phenoxy) is 6. The van der Waals surface area contributed by atoms with Crippen molar-refractivity contribution >= 4 is 33.6 Å². The van der Waals surface area contributed by atoms with E-state index in [-0.39, 0.29) is 17.7 Å². The maximum Gasteiger partial charge on any atom is 0.305 e. The average molecular weight is 806 g/mol. The highest BCUT2D eigenvalue weighted by Gasteiger charge is 2.35. The number of azide groups is 1. The van der Waals surface area contributed by atoms with Crippen molar-refractivity contribution in [2.75, 3.05) is 79.2 Å². The minimum atomic E-state index is -2.32. The van der Waals surface area contributed by atoms with Gasteiger partial charge in [-0.1, -0.05) is 77.9 Å². The highest BCUT2D eigenvalue weighted by molar-refractivity contribution is 6.92. The first kappa shape index (κ1) is 45.0. The van der Waals surface area contributed by atoms with Crippen molar-refractivity contribution in [1.82, 2.24) is 0 Å². The maximum absolute atomic E-state index is 13.0. The van der Waals surface area contributed by atoms with Crippen molar-refractivity contribution in [3.05, 3.63) is 99.9 Å². The smallest absolute Gasteiger partial charge is 0.305 e. The molecular formula is C42H59N3O9Si2. The van der Waals surface area contributed by atoms with Gasteiger partial charge in [0.2, 0.25) is 8.32 Å². The molecule has 0 aliphatic heterocycles. The molecule has 0 saturated heterocycles. The summed E-state index contributed by atoms with van der Waals surface area (Å²) in [4.78, 5) is 28.5. The Morgan fingerprint density at radius 1 is 0.696 bits per heavy atom. The van der Waals surface area contributed by atoms with E-state index in [1.165, 1.54) is 22.3 Å². The molecule has 0 heterocycles. The third-order valence-corrected chi connectivity index (χ3v) is 16.9. The minimum Gasteiger partial charge on any atom is -0.465 e. The summed E-state index contributed by atoms with van der Waals surface area (Å²) in [5, 5.41) is 4.53. The molecule has 0 aromatic heterocycles. The summed E-state index contributed by atoms with van der Waals surface area (Å²) in [6.45, 7) is 14.0. The van der Waals surface area contributed by atoms with Gasteiger partial charge in [0, 0.05) is 43.2 Å². The lowest BCUT2D eigenvalue weighted by Crippen LogP contribution is -2.52. The zero-order valence-electron chi connectivity index (χ0n) is 33.5. The molecule has 0 N–H and O–H groups in total. The SMILES string of the molecule is C[Si](C)(CCC(=O)OCC1c2ccccc2-c2ccccc21)O[Si](C)(C)c1cccc(CC(=O)CCCOCCOCCOCCOCCOCCN=[N+]=[N-])c1. The third-order valence-electron chi connectivity index (χ3n) is 9.49. The Bertz CT molecular complexity index is 1670. The van der Waals surface area contributed by atoms with Crippen LogP contribution in [0.2, 0.25) is 32.2 Å². The van der Waals surface area contributed by atoms with Crippen molar-refractivity contribution < 1.29 is 42.1 Å². The summed E-state index contributed by atoms with van der Waals surface area (Å²) in [5.74, 6) is 0.0458. The van der Waals surface area contributed by atoms with Crippen molar-refractivity contribution in [3.8, 4) is 11.1 Å². The predicted molar refractivity (Wildman–Crippen MR) is 222 cm³/mol. The van der Waals surface area contributed by atoms with E-state index in [0.717, 1.165) is 10.8 Å². The first-order valence-corrected chi connectivity index (χ1v) is 25.7. The Hall–Kier alpha value is -3.70. The fourth-order valence-electron chi connectivity index (χ4n) is 6.77. The molecule has 0 spiro atoms. The summed E-state index contributed by atoms with van der Waals surface area (Å²) < 4.78 is 40.1. The lowest BCUT2D eigenvalue weighted by atomic mass is 9.98. The van der Waals surface area contributed by atoms with Gasteiger partial charge in [-0.3, -0.25) is 9.59 Å². The van der Waals surface area contributed by atoms with Crippen molar-refractivity contribution in [2.45, 2.75) is 63.8 Å². The molecule has 1 aliphatic carbocycles. The number of carbonyl (C=O) groups is 2. The van der Waals surface area contributed by atoms with E-state index < -0.39 is 16.6 Å². The number of nitrogens with zero attached hydrogens (tertiary/aromatic N) is 3. The number of fused-ring (bicyclic) bond motifs is 3. The van der Waals surface area contributed by atoms with Gasteiger partial charge in [-0.15, -0.1) is 0 Å². The quantitative estimate of drug-likeness (QED) is 0.0175. The Morgan fingerprint density at radius 3 is 1.84 bits per heavy atom. The van der Waals surface area contributed by atoms with E-state index in [9.17, 15) is 9.59 Å². The normalized spacial score (nSPS) is 12.6. The number of esters is 1. The number of benzene rings is 3. The summed E-state index contributed by atoms with van der Waals surface area (Å²) in [6, 6.07) is 25.6. The van der Waals surface area contributed by atoms with Crippen LogP contribution in [0, 0.1) is 0 Å². The van der Waals surface area contributed by atoms with Gasteiger partial charge < -0.3 is 32.5 Å².